The first-order chi connectivity index (χ1) is 11.8. The number of nitrogens with one attached hydrogen (secondary N) is 2. The van der Waals surface area contributed by atoms with Crippen LogP contribution in [0.5, 0.6) is 0 Å². The van der Waals surface area contributed by atoms with E-state index in [9.17, 15) is 4.79 Å². The Bertz CT molecular complexity index is 873. The van der Waals surface area contributed by atoms with Crippen molar-refractivity contribution in [3.63, 3.8) is 0 Å². The maximum absolute atomic E-state index is 11.8. The van der Waals surface area contributed by atoms with Gasteiger partial charge in [-0.25, -0.2) is 4.98 Å². The van der Waals surface area contributed by atoms with Gasteiger partial charge in [0.25, 0.3) is 5.56 Å². The molecule has 3 aromatic rings. The molecule has 1 saturated heterocycles. The van der Waals surface area contributed by atoms with Crippen LogP contribution in [-0.4, -0.2) is 38.7 Å². The number of likely N-dealkylation sites (tertiary alicyclic amines) is 1. The second kappa shape index (κ2) is 6.83. The molecule has 1 aromatic carbocycles. The van der Waals surface area contributed by atoms with Gasteiger partial charge in [0.2, 0.25) is 0 Å². The topological polar surface area (TPSA) is 64.8 Å². The lowest BCUT2D eigenvalue weighted by Crippen LogP contribution is -2.20. The highest BCUT2D eigenvalue weighted by atomic mass is 32.2. The van der Waals surface area contributed by atoms with Gasteiger partial charge >= 0.3 is 0 Å². The average Bonchev–Trinajstić information content (AvgIpc) is 3.23. The van der Waals surface area contributed by atoms with Crippen LogP contribution >= 0.6 is 11.8 Å². The Morgan fingerprint density at radius 3 is 3.00 bits per heavy atom. The zero-order valence-corrected chi connectivity index (χ0v) is 14.2. The van der Waals surface area contributed by atoms with Crippen LogP contribution in [0.3, 0.4) is 0 Å². The third kappa shape index (κ3) is 3.25. The van der Waals surface area contributed by atoms with Crippen molar-refractivity contribution in [2.24, 2.45) is 5.92 Å². The first-order valence-corrected chi connectivity index (χ1v) is 9.22. The molecule has 0 saturated carbocycles. The molecule has 1 aliphatic heterocycles. The fraction of sp³-hybridized carbons (Fsp3) is 0.333. The summed E-state index contributed by atoms with van der Waals surface area (Å²) >= 11 is 1.94. The predicted octanol–water partition coefficient (Wildman–Crippen LogP) is 2.87. The lowest BCUT2D eigenvalue weighted by atomic mass is 10.2. The second-order valence-corrected chi connectivity index (χ2v) is 7.38. The molecule has 4 rings (SSSR count). The number of aromatic nitrogens is 3. The van der Waals surface area contributed by atoms with Crippen molar-refractivity contribution < 1.29 is 0 Å². The molecule has 124 valence electrons. The van der Waals surface area contributed by atoms with Gasteiger partial charge < -0.3 is 9.97 Å². The van der Waals surface area contributed by atoms with Gasteiger partial charge in [0.05, 0.1) is 11.8 Å². The number of thioether (sulfide) groups is 1. The first kappa shape index (κ1) is 15.5. The van der Waals surface area contributed by atoms with Crippen molar-refractivity contribution in [3.8, 4) is 0 Å². The van der Waals surface area contributed by atoms with Gasteiger partial charge in [-0.3, -0.25) is 9.69 Å². The Morgan fingerprint density at radius 1 is 1.25 bits per heavy atom. The summed E-state index contributed by atoms with van der Waals surface area (Å²) in [7, 11) is 0. The lowest BCUT2D eigenvalue weighted by Gasteiger charge is -2.15. The summed E-state index contributed by atoms with van der Waals surface area (Å²) in [5.41, 5.74) is 2.36. The van der Waals surface area contributed by atoms with E-state index >= 15 is 0 Å². The van der Waals surface area contributed by atoms with Crippen molar-refractivity contribution >= 4 is 22.8 Å². The van der Waals surface area contributed by atoms with E-state index in [1.807, 2.05) is 18.0 Å². The number of fused-ring (bicyclic) bond motifs is 1. The fourth-order valence-corrected chi connectivity index (χ4v) is 4.34. The van der Waals surface area contributed by atoms with Crippen molar-refractivity contribution in [2.75, 3.05) is 18.8 Å². The maximum Gasteiger partial charge on any atom is 0.275 e. The molecule has 2 N–H and O–H groups in total. The third-order valence-corrected chi connectivity index (χ3v) is 5.78. The highest BCUT2D eigenvalue weighted by molar-refractivity contribution is 7.99. The predicted molar refractivity (Wildman–Crippen MR) is 97.3 cm³/mol. The molecule has 2 aromatic heterocycles. The zero-order chi connectivity index (χ0) is 16.4. The van der Waals surface area contributed by atoms with E-state index in [2.05, 4.69) is 50.2 Å². The zero-order valence-electron chi connectivity index (χ0n) is 13.4. The largest absolute Gasteiger partial charge is 0.355 e. The van der Waals surface area contributed by atoms with Crippen LogP contribution in [0.25, 0.3) is 11.0 Å². The Labute approximate surface area is 144 Å². The molecule has 24 heavy (non-hydrogen) atoms. The fourth-order valence-electron chi connectivity index (χ4n) is 3.29. The van der Waals surface area contributed by atoms with Gasteiger partial charge in [-0.1, -0.05) is 18.2 Å². The summed E-state index contributed by atoms with van der Waals surface area (Å²) in [6.45, 7) is 3.06. The Kier molecular flexibility index (Phi) is 4.40. The van der Waals surface area contributed by atoms with Crippen molar-refractivity contribution in [1.29, 1.82) is 0 Å². The van der Waals surface area contributed by atoms with Crippen LogP contribution < -0.4 is 5.56 Å². The molecule has 1 fully saturated rings. The maximum atomic E-state index is 11.8. The van der Waals surface area contributed by atoms with Crippen molar-refractivity contribution in [2.45, 2.75) is 17.9 Å². The van der Waals surface area contributed by atoms with Gasteiger partial charge in [0.1, 0.15) is 5.52 Å². The lowest BCUT2D eigenvalue weighted by molar-refractivity contribution is 0.322. The number of nitrogens with zero attached hydrogens (tertiary/aromatic N) is 2. The minimum Gasteiger partial charge on any atom is -0.355 e. The number of H-pyrrole nitrogens is 2. The van der Waals surface area contributed by atoms with Crippen molar-refractivity contribution in [3.05, 3.63) is 58.8 Å². The Balaban J connectivity index is 1.36. The monoisotopic (exact) mass is 340 g/mol. The highest BCUT2D eigenvalue weighted by Gasteiger charge is 2.23. The first-order valence-electron chi connectivity index (χ1n) is 8.23. The molecule has 5 nitrogen and oxygen atoms in total. The van der Waals surface area contributed by atoms with Crippen LogP contribution in [0, 0.1) is 5.92 Å². The van der Waals surface area contributed by atoms with E-state index in [1.54, 1.807) is 0 Å². The molecule has 0 spiro atoms. The van der Waals surface area contributed by atoms with Crippen molar-refractivity contribution in [1.82, 2.24) is 19.9 Å². The summed E-state index contributed by atoms with van der Waals surface area (Å²) in [6, 6.07) is 10.6. The van der Waals surface area contributed by atoms with E-state index in [1.165, 1.54) is 17.6 Å². The second-order valence-electron chi connectivity index (χ2n) is 6.28. The van der Waals surface area contributed by atoms with Crippen LogP contribution in [0.15, 0.2) is 52.5 Å². The number of aromatic amines is 2. The summed E-state index contributed by atoms with van der Waals surface area (Å²) in [6.07, 6.45) is 4.63. The van der Waals surface area contributed by atoms with Gasteiger partial charge in [-0.05, 0) is 31.0 Å². The number of benzene rings is 1. The van der Waals surface area contributed by atoms with E-state index in [0.717, 1.165) is 42.4 Å². The minimum absolute atomic E-state index is 0.107. The van der Waals surface area contributed by atoms with Crippen LogP contribution in [-0.2, 0) is 6.54 Å². The molecule has 1 atom stereocenters. The van der Waals surface area contributed by atoms with Gasteiger partial charge in [-0.2, -0.15) is 0 Å². The highest BCUT2D eigenvalue weighted by Crippen LogP contribution is 2.27. The molecule has 1 aliphatic rings. The van der Waals surface area contributed by atoms with Crippen LogP contribution in [0.1, 0.15) is 12.0 Å². The van der Waals surface area contributed by atoms with E-state index in [-0.39, 0.29) is 5.56 Å². The molecule has 0 aliphatic carbocycles. The number of hydrogen-bond acceptors (Lipinski definition) is 4. The number of rotatable bonds is 5. The summed E-state index contributed by atoms with van der Waals surface area (Å²) in [5, 5.41) is 0. The summed E-state index contributed by atoms with van der Waals surface area (Å²) in [4.78, 5) is 25.5. The molecule has 0 radical (unpaired) electrons. The molecular formula is C18H20N4OS. The van der Waals surface area contributed by atoms with E-state index < -0.39 is 0 Å². The third-order valence-electron chi connectivity index (χ3n) is 4.54. The standard InChI is InChI=1S/C18H20N4OS/c23-18-17-16(20-12-21-18)14(8-19-17)10-22-7-6-13(9-22)11-24-15-4-2-1-3-5-15/h1-5,8,12-13,19H,6-7,9-11H2,(H,20,21,23). The summed E-state index contributed by atoms with van der Waals surface area (Å²) in [5.74, 6) is 1.88. The molecule has 6 heteroatoms. The van der Waals surface area contributed by atoms with Crippen LogP contribution in [0.2, 0.25) is 0 Å². The van der Waals surface area contributed by atoms with E-state index in [4.69, 9.17) is 0 Å². The molecule has 0 bridgehead atoms. The summed E-state index contributed by atoms with van der Waals surface area (Å²) < 4.78 is 0. The van der Waals surface area contributed by atoms with Gasteiger partial charge in [0.15, 0.2) is 0 Å². The average molecular weight is 340 g/mol. The SMILES string of the molecule is O=c1[nH]cnc2c(CN3CCC(CSc4ccccc4)C3)c[nH]c12. The van der Waals surface area contributed by atoms with Crippen LogP contribution in [0.4, 0.5) is 0 Å². The molecule has 0 amide bonds. The molecule has 3 heterocycles. The van der Waals surface area contributed by atoms with E-state index in [0.29, 0.717) is 5.52 Å². The van der Waals surface area contributed by atoms with Gasteiger partial charge in [0, 0.05) is 35.5 Å². The Hall–Kier alpha value is -2.05. The minimum atomic E-state index is -0.107. The Morgan fingerprint density at radius 2 is 2.12 bits per heavy atom. The smallest absolute Gasteiger partial charge is 0.275 e. The van der Waals surface area contributed by atoms with Gasteiger partial charge in [-0.15, -0.1) is 11.8 Å². The molecule has 1 unspecified atom stereocenters. The normalized spacial score (nSPS) is 18.4. The molecular weight excluding hydrogens is 320 g/mol. The number of hydrogen-bond donors (Lipinski definition) is 2. The quantitative estimate of drug-likeness (QED) is 0.701.